The van der Waals surface area contributed by atoms with Crippen LogP contribution in [-0.2, 0) is 23.0 Å². The number of nitrogens with two attached hydrogens (primary N) is 1. The van der Waals surface area contributed by atoms with Crippen molar-refractivity contribution in [2.45, 2.75) is 31.2 Å². The SMILES string of the molecule is CCc1ccc(S(=O)(=O)N2CCCSCC2)cc1CN. The fourth-order valence-electron chi connectivity index (χ4n) is 2.41. The van der Waals surface area contributed by atoms with Crippen molar-refractivity contribution in [3.63, 3.8) is 0 Å². The molecule has 4 nitrogen and oxygen atoms in total. The van der Waals surface area contributed by atoms with E-state index in [4.69, 9.17) is 5.73 Å². The van der Waals surface area contributed by atoms with Gasteiger partial charge in [-0.25, -0.2) is 8.42 Å². The molecule has 1 aliphatic heterocycles. The van der Waals surface area contributed by atoms with Crippen LogP contribution >= 0.6 is 11.8 Å². The Kier molecular flexibility index (Phi) is 5.49. The fourth-order valence-corrected chi connectivity index (χ4v) is 4.94. The molecule has 0 saturated carbocycles. The molecule has 0 aliphatic carbocycles. The summed E-state index contributed by atoms with van der Waals surface area (Å²) in [4.78, 5) is 0.377. The number of thioether (sulfide) groups is 1. The lowest BCUT2D eigenvalue weighted by molar-refractivity contribution is 0.435. The summed E-state index contributed by atoms with van der Waals surface area (Å²) in [6.45, 7) is 3.64. The molecule has 1 aromatic carbocycles. The monoisotopic (exact) mass is 314 g/mol. The van der Waals surface area contributed by atoms with Gasteiger partial charge in [0.1, 0.15) is 0 Å². The number of hydrogen-bond acceptors (Lipinski definition) is 4. The van der Waals surface area contributed by atoms with Crippen LogP contribution < -0.4 is 5.73 Å². The molecule has 112 valence electrons. The summed E-state index contributed by atoms with van der Waals surface area (Å²) in [5.74, 6) is 1.91. The Bertz CT molecular complexity index is 550. The molecule has 0 atom stereocenters. The molecule has 6 heteroatoms. The zero-order valence-corrected chi connectivity index (χ0v) is 13.5. The first-order valence-corrected chi connectivity index (χ1v) is 9.59. The van der Waals surface area contributed by atoms with Gasteiger partial charge in [0.2, 0.25) is 10.0 Å². The van der Waals surface area contributed by atoms with E-state index in [2.05, 4.69) is 6.92 Å². The van der Waals surface area contributed by atoms with Crippen LogP contribution in [0.4, 0.5) is 0 Å². The van der Waals surface area contributed by atoms with Crippen molar-refractivity contribution in [2.24, 2.45) is 5.73 Å². The summed E-state index contributed by atoms with van der Waals surface area (Å²) in [6.07, 6.45) is 1.79. The second kappa shape index (κ2) is 6.93. The average Bonchev–Trinajstić information content (AvgIpc) is 2.76. The topological polar surface area (TPSA) is 63.4 Å². The Labute approximate surface area is 125 Å². The van der Waals surface area contributed by atoms with E-state index in [1.54, 1.807) is 16.4 Å². The van der Waals surface area contributed by atoms with Gasteiger partial charge in [0.15, 0.2) is 0 Å². The Morgan fingerprint density at radius 2 is 2.05 bits per heavy atom. The molecule has 0 unspecified atom stereocenters. The van der Waals surface area contributed by atoms with E-state index in [1.165, 1.54) is 0 Å². The molecule has 20 heavy (non-hydrogen) atoms. The molecular weight excluding hydrogens is 292 g/mol. The summed E-state index contributed by atoms with van der Waals surface area (Å²) >= 11 is 1.82. The first-order valence-electron chi connectivity index (χ1n) is 6.99. The molecule has 1 fully saturated rings. The third-order valence-electron chi connectivity index (χ3n) is 3.60. The highest BCUT2D eigenvalue weighted by molar-refractivity contribution is 7.99. The normalized spacial score (nSPS) is 17.9. The minimum Gasteiger partial charge on any atom is -0.326 e. The van der Waals surface area contributed by atoms with Crippen molar-refractivity contribution >= 4 is 21.8 Å². The molecule has 0 radical (unpaired) electrons. The van der Waals surface area contributed by atoms with Gasteiger partial charge >= 0.3 is 0 Å². The van der Waals surface area contributed by atoms with Crippen LogP contribution in [-0.4, -0.2) is 37.3 Å². The van der Waals surface area contributed by atoms with Crippen molar-refractivity contribution in [1.29, 1.82) is 0 Å². The van der Waals surface area contributed by atoms with Gasteiger partial charge in [-0.3, -0.25) is 0 Å². The molecule has 0 aromatic heterocycles. The largest absolute Gasteiger partial charge is 0.326 e. The number of hydrogen-bond donors (Lipinski definition) is 1. The summed E-state index contributed by atoms with van der Waals surface area (Å²) < 4.78 is 27.0. The van der Waals surface area contributed by atoms with Crippen LogP contribution in [0.1, 0.15) is 24.5 Å². The molecule has 0 spiro atoms. The molecule has 0 bridgehead atoms. The highest BCUT2D eigenvalue weighted by Gasteiger charge is 2.25. The average molecular weight is 314 g/mol. The van der Waals surface area contributed by atoms with E-state index in [1.807, 2.05) is 17.8 Å². The van der Waals surface area contributed by atoms with Gasteiger partial charge in [-0.1, -0.05) is 13.0 Å². The standard InChI is InChI=1S/C14H22N2O2S2/c1-2-12-4-5-14(10-13(12)11-15)20(17,18)16-6-3-8-19-9-7-16/h4-5,10H,2-3,6-9,11,15H2,1H3. The Morgan fingerprint density at radius 1 is 1.25 bits per heavy atom. The van der Waals surface area contributed by atoms with Gasteiger partial charge in [-0.05, 0) is 41.9 Å². The highest BCUT2D eigenvalue weighted by atomic mass is 32.2. The number of rotatable bonds is 4. The van der Waals surface area contributed by atoms with Crippen LogP contribution in [0, 0.1) is 0 Å². The smallest absolute Gasteiger partial charge is 0.243 e. The molecule has 1 heterocycles. The van der Waals surface area contributed by atoms with Crippen molar-refractivity contribution in [3.8, 4) is 0 Å². The van der Waals surface area contributed by atoms with Crippen LogP contribution in [0.15, 0.2) is 23.1 Å². The fraction of sp³-hybridized carbons (Fsp3) is 0.571. The van der Waals surface area contributed by atoms with Crippen LogP contribution in [0.5, 0.6) is 0 Å². The second-order valence-corrected chi connectivity index (χ2v) is 8.02. The first kappa shape index (κ1) is 15.8. The highest BCUT2D eigenvalue weighted by Crippen LogP contribution is 2.22. The van der Waals surface area contributed by atoms with Crippen molar-refractivity contribution in [2.75, 3.05) is 24.6 Å². The summed E-state index contributed by atoms with van der Waals surface area (Å²) in [5.41, 5.74) is 7.78. The zero-order valence-electron chi connectivity index (χ0n) is 11.8. The molecule has 2 rings (SSSR count). The van der Waals surface area contributed by atoms with Crippen LogP contribution in [0.2, 0.25) is 0 Å². The van der Waals surface area contributed by atoms with E-state index in [0.717, 1.165) is 35.5 Å². The molecule has 1 aromatic rings. The van der Waals surface area contributed by atoms with Gasteiger partial charge in [0.25, 0.3) is 0 Å². The zero-order chi connectivity index (χ0) is 14.6. The molecular formula is C14H22N2O2S2. The van der Waals surface area contributed by atoms with E-state index >= 15 is 0 Å². The first-order chi connectivity index (χ1) is 9.59. The van der Waals surface area contributed by atoms with Gasteiger partial charge in [0.05, 0.1) is 4.90 Å². The van der Waals surface area contributed by atoms with Gasteiger partial charge in [-0.15, -0.1) is 0 Å². The summed E-state index contributed by atoms with van der Waals surface area (Å²) in [6, 6.07) is 5.35. The van der Waals surface area contributed by atoms with Crippen LogP contribution in [0.3, 0.4) is 0 Å². The van der Waals surface area contributed by atoms with E-state index in [9.17, 15) is 8.42 Å². The van der Waals surface area contributed by atoms with E-state index in [-0.39, 0.29) is 0 Å². The third-order valence-corrected chi connectivity index (χ3v) is 6.54. The number of nitrogens with zero attached hydrogens (tertiary/aromatic N) is 1. The van der Waals surface area contributed by atoms with Gasteiger partial charge < -0.3 is 5.73 Å². The second-order valence-electron chi connectivity index (χ2n) is 4.86. The number of benzene rings is 1. The maximum absolute atomic E-state index is 12.7. The number of aryl methyl sites for hydroxylation is 1. The van der Waals surface area contributed by atoms with Crippen molar-refractivity contribution in [3.05, 3.63) is 29.3 Å². The minimum atomic E-state index is -3.38. The third kappa shape index (κ3) is 3.36. The molecule has 1 aliphatic rings. The minimum absolute atomic E-state index is 0.377. The predicted octanol–water partition coefficient (Wildman–Crippen LogP) is 1.84. The Hall–Kier alpha value is -0.560. The summed E-state index contributed by atoms with van der Waals surface area (Å²) in [7, 11) is -3.38. The van der Waals surface area contributed by atoms with Crippen molar-refractivity contribution < 1.29 is 8.42 Å². The molecule has 0 amide bonds. The van der Waals surface area contributed by atoms with Crippen molar-refractivity contribution in [1.82, 2.24) is 4.31 Å². The van der Waals surface area contributed by atoms with E-state index in [0.29, 0.717) is 24.5 Å². The number of sulfonamides is 1. The quantitative estimate of drug-likeness (QED) is 0.921. The molecule has 2 N–H and O–H groups in total. The van der Waals surface area contributed by atoms with Gasteiger partial charge in [0, 0.05) is 25.4 Å². The maximum atomic E-state index is 12.7. The maximum Gasteiger partial charge on any atom is 0.243 e. The van der Waals surface area contributed by atoms with Gasteiger partial charge in [-0.2, -0.15) is 16.1 Å². The Morgan fingerprint density at radius 3 is 2.75 bits per heavy atom. The Balaban J connectivity index is 2.33. The van der Waals surface area contributed by atoms with E-state index < -0.39 is 10.0 Å². The lowest BCUT2D eigenvalue weighted by atomic mass is 10.1. The lowest BCUT2D eigenvalue weighted by Crippen LogP contribution is -2.33. The predicted molar refractivity (Wildman–Crippen MR) is 84.4 cm³/mol. The summed E-state index contributed by atoms with van der Waals surface area (Å²) in [5, 5.41) is 0. The lowest BCUT2D eigenvalue weighted by Gasteiger charge is -2.20. The molecule has 1 saturated heterocycles. The van der Waals surface area contributed by atoms with Crippen LogP contribution in [0.25, 0.3) is 0 Å².